The Morgan fingerprint density at radius 1 is 0.258 bits per heavy atom. The number of aromatic nitrogens is 6. The summed E-state index contributed by atoms with van der Waals surface area (Å²) in [5.74, 6) is 0. The van der Waals surface area contributed by atoms with Crippen LogP contribution in [0.5, 0.6) is 0 Å². The minimum absolute atomic E-state index is 0.973. The fourth-order valence-corrected chi connectivity index (χ4v) is 10.9. The van der Waals surface area contributed by atoms with E-state index in [2.05, 4.69) is 212 Å². The number of nitrogens with zero attached hydrogens (tertiary/aromatic N) is 6. The van der Waals surface area contributed by atoms with Crippen molar-refractivity contribution in [1.29, 1.82) is 0 Å². The first-order valence-electron chi connectivity index (χ1n) is 21.2. The third-order valence-corrected chi connectivity index (χ3v) is 13.5. The molecule has 0 radical (unpaired) electrons. The molecule has 0 N–H and O–H groups in total. The predicted octanol–water partition coefficient (Wildman–Crippen LogP) is 14.1. The van der Waals surface area contributed by atoms with Crippen LogP contribution in [0.1, 0.15) is 0 Å². The lowest BCUT2D eigenvalue weighted by atomic mass is 10.0. The monoisotopic (exact) mass is 788 g/mol. The first kappa shape index (κ1) is 32.4. The van der Waals surface area contributed by atoms with Gasteiger partial charge in [-0.15, -0.1) is 0 Å². The van der Waals surface area contributed by atoms with E-state index in [-0.39, 0.29) is 0 Å². The van der Waals surface area contributed by atoms with E-state index in [1.165, 1.54) is 59.6 Å². The zero-order chi connectivity index (χ0) is 40.2. The smallest absolute Gasteiger partial charge is 0.146 e. The first-order chi connectivity index (χ1) is 30.8. The molecule has 0 amide bonds. The van der Waals surface area contributed by atoms with Gasteiger partial charge in [-0.05, 0) is 77.5 Å². The van der Waals surface area contributed by atoms with Crippen molar-refractivity contribution >= 4 is 120 Å². The molecule has 0 saturated heterocycles. The number of rotatable bonds is 2. The molecule has 6 heteroatoms. The molecular formula is C56H32N6. The van der Waals surface area contributed by atoms with Crippen LogP contribution >= 0.6 is 0 Å². The molecule has 6 heterocycles. The van der Waals surface area contributed by atoms with Crippen LogP contribution in [0.3, 0.4) is 0 Å². The Morgan fingerprint density at radius 2 is 0.661 bits per heavy atom. The van der Waals surface area contributed by atoms with Gasteiger partial charge in [-0.2, -0.15) is 0 Å². The Bertz CT molecular complexity index is 4460. The molecule has 0 saturated carbocycles. The molecule has 15 aromatic rings. The molecule has 6 aromatic heterocycles. The molecule has 0 spiro atoms. The largest absolute Gasteiger partial charge is 0.307 e. The van der Waals surface area contributed by atoms with Crippen LogP contribution in [-0.4, -0.2) is 27.9 Å². The third kappa shape index (κ3) is 4.04. The van der Waals surface area contributed by atoms with Gasteiger partial charge in [0.25, 0.3) is 0 Å². The summed E-state index contributed by atoms with van der Waals surface area (Å²) in [6, 6.07) is 70.7. The SMILES string of the molecule is c1ccc2c(c1)nc1c3ccccc3c3cc(-n4c5ccccc5c5ccc6c7ccccc7n(-c7ccc8c9ccccc9c9nc%10ccccc%10n9c8c7)c6c54)ccc3n21. The van der Waals surface area contributed by atoms with Crippen molar-refractivity contribution in [3.8, 4) is 11.4 Å². The number of fused-ring (bicyclic) bond motifs is 23. The van der Waals surface area contributed by atoms with E-state index in [9.17, 15) is 0 Å². The molecule has 0 bridgehead atoms. The fraction of sp³-hybridized carbons (Fsp3) is 0. The number of pyridine rings is 2. The van der Waals surface area contributed by atoms with Gasteiger partial charge in [-0.1, -0.05) is 127 Å². The maximum atomic E-state index is 5.21. The van der Waals surface area contributed by atoms with Crippen molar-refractivity contribution in [1.82, 2.24) is 27.9 Å². The second-order valence-electron chi connectivity index (χ2n) is 16.6. The summed E-state index contributed by atoms with van der Waals surface area (Å²) in [5, 5.41) is 11.9. The van der Waals surface area contributed by atoms with E-state index in [4.69, 9.17) is 9.97 Å². The molecule has 62 heavy (non-hydrogen) atoms. The molecule has 0 fully saturated rings. The number of imidazole rings is 2. The summed E-state index contributed by atoms with van der Waals surface area (Å²) >= 11 is 0. The lowest BCUT2D eigenvalue weighted by molar-refractivity contribution is 1.15. The highest BCUT2D eigenvalue weighted by Crippen LogP contribution is 2.44. The van der Waals surface area contributed by atoms with E-state index in [0.29, 0.717) is 0 Å². The maximum Gasteiger partial charge on any atom is 0.146 e. The van der Waals surface area contributed by atoms with E-state index in [1.807, 2.05) is 0 Å². The molecule has 0 unspecified atom stereocenters. The Kier molecular flexibility index (Phi) is 6.07. The minimum Gasteiger partial charge on any atom is -0.307 e. The van der Waals surface area contributed by atoms with Gasteiger partial charge in [0, 0.05) is 54.5 Å². The first-order valence-corrected chi connectivity index (χ1v) is 21.2. The molecule has 0 aliphatic heterocycles. The summed E-state index contributed by atoms with van der Waals surface area (Å²) in [7, 11) is 0. The fourth-order valence-electron chi connectivity index (χ4n) is 10.9. The van der Waals surface area contributed by atoms with E-state index in [0.717, 1.165) is 72.1 Å². The van der Waals surface area contributed by atoms with Crippen LogP contribution in [-0.2, 0) is 0 Å². The number of hydrogen-bond donors (Lipinski definition) is 0. The highest BCUT2D eigenvalue weighted by atomic mass is 15.1. The van der Waals surface area contributed by atoms with Gasteiger partial charge in [0.2, 0.25) is 0 Å². The molecular weight excluding hydrogens is 757 g/mol. The number of para-hydroxylation sites is 6. The van der Waals surface area contributed by atoms with Gasteiger partial charge in [-0.3, -0.25) is 8.80 Å². The molecule has 0 aliphatic carbocycles. The Morgan fingerprint density at radius 3 is 1.24 bits per heavy atom. The van der Waals surface area contributed by atoms with Crippen LogP contribution in [0.25, 0.3) is 132 Å². The normalized spacial score (nSPS) is 12.5. The van der Waals surface area contributed by atoms with Crippen molar-refractivity contribution in [3.05, 3.63) is 194 Å². The summed E-state index contributed by atoms with van der Waals surface area (Å²) in [6.07, 6.45) is 0. The Balaban J connectivity index is 1.10. The lowest BCUT2D eigenvalue weighted by Crippen LogP contribution is -2.00. The van der Waals surface area contributed by atoms with Gasteiger partial charge >= 0.3 is 0 Å². The Hall–Kier alpha value is -8.48. The van der Waals surface area contributed by atoms with E-state index < -0.39 is 0 Å². The van der Waals surface area contributed by atoms with Crippen LogP contribution in [0.2, 0.25) is 0 Å². The van der Waals surface area contributed by atoms with Crippen molar-refractivity contribution in [2.24, 2.45) is 0 Å². The van der Waals surface area contributed by atoms with E-state index >= 15 is 0 Å². The van der Waals surface area contributed by atoms with Crippen molar-refractivity contribution < 1.29 is 0 Å². The zero-order valence-corrected chi connectivity index (χ0v) is 33.2. The Labute approximate surface area is 352 Å². The number of benzene rings is 9. The molecule has 0 atom stereocenters. The standard InChI is InChI=1S/C56H32N6/c1-3-17-42-35(13-1)39-27-25-34(32-52(39)62-51-24-12-8-20-46(51)58-56(42)62)60-48-22-10-6-16-38(48)41-29-28-40-37-15-5-9-21-47(37)59(53(40)54(41)60)33-26-30-49-44(31-33)36-14-2-4-18-43(36)55-57-45-19-7-11-23-50(45)61(49)55/h1-32H. The van der Waals surface area contributed by atoms with Gasteiger partial charge in [0.1, 0.15) is 11.3 Å². The minimum atomic E-state index is 0.973. The quantitative estimate of drug-likeness (QED) is 0.164. The van der Waals surface area contributed by atoms with Gasteiger partial charge < -0.3 is 9.13 Å². The van der Waals surface area contributed by atoms with Crippen molar-refractivity contribution in [2.45, 2.75) is 0 Å². The van der Waals surface area contributed by atoms with Gasteiger partial charge in [0.15, 0.2) is 0 Å². The maximum absolute atomic E-state index is 5.21. The molecule has 9 aromatic carbocycles. The summed E-state index contributed by atoms with van der Waals surface area (Å²) < 4.78 is 9.70. The molecule has 6 nitrogen and oxygen atoms in total. The van der Waals surface area contributed by atoms with Crippen molar-refractivity contribution in [2.75, 3.05) is 0 Å². The zero-order valence-electron chi connectivity index (χ0n) is 33.2. The molecule has 0 aliphatic rings. The van der Waals surface area contributed by atoms with Gasteiger partial charge in [-0.25, -0.2) is 9.97 Å². The number of hydrogen-bond acceptors (Lipinski definition) is 2. The predicted molar refractivity (Wildman–Crippen MR) is 258 cm³/mol. The average molecular weight is 789 g/mol. The van der Waals surface area contributed by atoms with Crippen LogP contribution in [0.15, 0.2) is 194 Å². The summed E-state index contributed by atoms with van der Waals surface area (Å²) in [6.45, 7) is 0. The molecule has 286 valence electrons. The average Bonchev–Trinajstić information content (AvgIpc) is 4.10. The summed E-state index contributed by atoms with van der Waals surface area (Å²) in [4.78, 5) is 10.4. The second-order valence-corrected chi connectivity index (χ2v) is 16.6. The van der Waals surface area contributed by atoms with Gasteiger partial charge in [0.05, 0.1) is 55.2 Å². The van der Waals surface area contributed by atoms with Crippen LogP contribution in [0, 0.1) is 0 Å². The van der Waals surface area contributed by atoms with Crippen LogP contribution < -0.4 is 0 Å². The summed E-state index contributed by atoms with van der Waals surface area (Å²) in [5.41, 5.74) is 15.3. The van der Waals surface area contributed by atoms with Crippen LogP contribution in [0.4, 0.5) is 0 Å². The highest BCUT2D eigenvalue weighted by Gasteiger charge is 2.23. The third-order valence-electron chi connectivity index (χ3n) is 13.5. The lowest BCUT2D eigenvalue weighted by Gasteiger charge is -2.16. The topological polar surface area (TPSA) is 44.5 Å². The van der Waals surface area contributed by atoms with E-state index in [1.54, 1.807) is 0 Å². The molecule has 15 rings (SSSR count). The van der Waals surface area contributed by atoms with Crippen molar-refractivity contribution in [3.63, 3.8) is 0 Å². The highest BCUT2D eigenvalue weighted by molar-refractivity contribution is 6.24. The second kappa shape index (κ2) is 11.6.